The van der Waals surface area contributed by atoms with Crippen LogP contribution < -0.4 is 0 Å². The first-order valence-corrected chi connectivity index (χ1v) is 24.6. The van der Waals surface area contributed by atoms with Crippen LogP contribution in [0.2, 0.25) is 0 Å². The average Bonchev–Trinajstić information content (AvgIpc) is 3.24. The Labute approximate surface area is 369 Å². The fraction of sp³-hybridized carbons (Fsp3) is 0.685. The Kier molecular flexibility index (Phi) is 45.5. The van der Waals surface area contributed by atoms with Gasteiger partial charge in [-0.1, -0.05) is 196 Å². The highest BCUT2D eigenvalue weighted by atomic mass is 16.6. The van der Waals surface area contributed by atoms with E-state index in [9.17, 15) is 14.4 Å². The molecule has 0 heterocycles. The zero-order chi connectivity index (χ0) is 43.7. The van der Waals surface area contributed by atoms with Gasteiger partial charge in [0, 0.05) is 19.3 Å². The molecule has 0 bridgehead atoms. The van der Waals surface area contributed by atoms with Crippen molar-refractivity contribution in [2.45, 2.75) is 226 Å². The van der Waals surface area contributed by atoms with E-state index in [-0.39, 0.29) is 31.1 Å². The largest absolute Gasteiger partial charge is 0.462 e. The highest BCUT2D eigenvalue weighted by Crippen LogP contribution is 2.14. The molecule has 0 aromatic rings. The minimum absolute atomic E-state index is 0.0862. The van der Waals surface area contributed by atoms with Crippen LogP contribution in [0.1, 0.15) is 220 Å². The summed E-state index contributed by atoms with van der Waals surface area (Å²) in [5.74, 6) is -0.924. The molecule has 0 aromatic carbocycles. The maximum atomic E-state index is 12.7. The third-order valence-corrected chi connectivity index (χ3v) is 10.1. The van der Waals surface area contributed by atoms with Gasteiger partial charge in [-0.2, -0.15) is 0 Å². The van der Waals surface area contributed by atoms with Crippen LogP contribution in [-0.4, -0.2) is 37.2 Å². The number of ether oxygens (including phenoxy) is 3. The summed E-state index contributed by atoms with van der Waals surface area (Å²) in [5.41, 5.74) is 0. The van der Waals surface area contributed by atoms with Crippen molar-refractivity contribution in [3.63, 3.8) is 0 Å². The quantitative estimate of drug-likeness (QED) is 0.0263. The average molecular weight is 835 g/mol. The predicted molar refractivity (Wildman–Crippen MR) is 256 cm³/mol. The number of carbonyl (C=O) groups excluding carboxylic acids is 3. The Bertz CT molecular complexity index is 1190. The minimum Gasteiger partial charge on any atom is -0.462 e. The summed E-state index contributed by atoms with van der Waals surface area (Å²) in [6.45, 7) is 6.32. The second kappa shape index (κ2) is 48.3. The van der Waals surface area contributed by atoms with E-state index in [0.717, 1.165) is 116 Å². The number of allylic oxidation sites excluding steroid dienone is 14. The molecular formula is C54H90O6. The van der Waals surface area contributed by atoms with Crippen LogP contribution in [0.4, 0.5) is 0 Å². The van der Waals surface area contributed by atoms with Crippen LogP contribution in [0.3, 0.4) is 0 Å². The van der Waals surface area contributed by atoms with Crippen molar-refractivity contribution in [3.8, 4) is 0 Å². The molecule has 1 unspecified atom stereocenters. The summed E-state index contributed by atoms with van der Waals surface area (Å²) in [7, 11) is 0. The lowest BCUT2D eigenvalue weighted by molar-refractivity contribution is -0.167. The van der Waals surface area contributed by atoms with Gasteiger partial charge in [0.05, 0.1) is 0 Å². The zero-order valence-electron chi connectivity index (χ0n) is 38.9. The standard InChI is InChI=1S/C54H90O6/c1-4-7-10-13-16-18-20-22-24-26-27-29-30-32-34-36-38-41-44-47-53(56)59-50-51(49-58-52(55)46-43-40-15-12-9-6-3)60-54(57)48-45-42-39-37-35-33-31-28-25-23-21-19-17-14-11-8-5-2/h7-8,10-11,16-19,22-25,27,29,51H,4-6,9,12-15,20-21,26,28,30-50H2,1-3H3/b10-7-,11-8-,18-16-,19-17-,24-22-,25-23-,29-27-. The molecule has 0 saturated carbocycles. The highest BCUT2D eigenvalue weighted by molar-refractivity contribution is 5.71. The van der Waals surface area contributed by atoms with Crippen molar-refractivity contribution in [1.29, 1.82) is 0 Å². The Morgan fingerprint density at radius 2 is 0.650 bits per heavy atom. The van der Waals surface area contributed by atoms with Crippen LogP contribution in [-0.2, 0) is 28.6 Å². The summed E-state index contributed by atoms with van der Waals surface area (Å²) < 4.78 is 16.7. The van der Waals surface area contributed by atoms with Crippen molar-refractivity contribution in [2.24, 2.45) is 0 Å². The van der Waals surface area contributed by atoms with Gasteiger partial charge in [0.1, 0.15) is 13.2 Å². The van der Waals surface area contributed by atoms with Crippen LogP contribution in [0, 0.1) is 0 Å². The van der Waals surface area contributed by atoms with Gasteiger partial charge in [-0.25, -0.2) is 0 Å². The topological polar surface area (TPSA) is 78.9 Å². The predicted octanol–water partition coefficient (Wildman–Crippen LogP) is 16.0. The normalized spacial score (nSPS) is 12.8. The maximum Gasteiger partial charge on any atom is 0.306 e. The molecule has 0 saturated heterocycles. The Balaban J connectivity index is 4.28. The first kappa shape index (κ1) is 56.6. The van der Waals surface area contributed by atoms with Gasteiger partial charge in [0.2, 0.25) is 0 Å². The Morgan fingerprint density at radius 1 is 0.350 bits per heavy atom. The fourth-order valence-corrected chi connectivity index (χ4v) is 6.50. The van der Waals surface area contributed by atoms with E-state index in [0.29, 0.717) is 19.3 Å². The number of hydrogen-bond donors (Lipinski definition) is 0. The van der Waals surface area contributed by atoms with Crippen molar-refractivity contribution in [1.82, 2.24) is 0 Å². The van der Waals surface area contributed by atoms with Crippen LogP contribution >= 0.6 is 0 Å². The molecule has 0 aromatic heterocycles. The molecule has 0 aliphatic heterocycles. The first-order chi connectivity index (χ1) is 29.5. The molecule has 0 radical (unpaired) electrons. The van der Waals surface area contributed by atoms with Gasteiger partial charge < -0.3 is 14.2 Å². The first-order valence-electron chi connectivity index (χ1n) is 24.6. The molecular weight excluding hydrogens is 745 g/mol. The molecule has 0 amide bonds. The highest BCUT2D eigenvalue weighted by Gasteiger charge is 2.19. The molecule has 0 spiro atoms. The summed E-state index contributed by atoms with van der Waals surface area (Å²) >= 11 is 0. The van der Waals surface area contributed by atoms with E-state index in [1.807, 2.05) is 0 Å². The number of rotatable bonds is 43. The molecule has 6 heteroatoms. The van der Waals surface area contributed by atoms with Crippen LogP contribution in [0.5, 0.6) is 0 Å². The van der Waals surface area contributed by atoms with Crippen LogP contribution in [0.15, 0.2) is 85.1 Å². The molecule has 0 N–H and O–H groups in total. The maximum absolute atomic E-state index is 12.7. The van der Waals surface area contributed by atoms with E-state index < -0.39 is 6.10 Å². The lowest BCUT2D eigenvalue weighted by atomic mass is 10.1. The number of hydrogen-bond acceptors (Lipinski definition) is 6. The molecule has 0 rings (SSSR count). The molecule has 0 aliphatic carbocycles. The summed E-state index contributed by atoms with van der Waals surface area (Å²) in [6.07, 6.45) is 61.6. The summed E-state index contributed by atoms with van der Waals surface area (Å²) in [6, 6.07) is 0. The number of carbonyl (C=O) groups is 3. The molecule has 6 nitrogen and oxygen atoms in total. The van der Waals surface area contributed by atoms with E-state index in [1.54, 1.807) is 0 Å². The van der Waals surface area contributed by atoms with Crippen molar-refractivity contribution in [2.75, 3.05) is 13.2 Å². The summed E-state index contributed by atoms with van der Waals surface area (Å²) in [5, 5.41) is 0. The summed E-state index contributed by atoms with van der Waals surface area (Å²) in [4.78, 5) is 37.7. The van der Waals surface area contributed by atoms with Gasteiger partial charge in [0.15, 0.2) is 6.10 Å². The molecule has 0 aliphatic rings. The molecule has 60 heavy (non-hydrogen) atoms. The lowest BCUT2D eigenvalue weighted by Crippen LogP contribution is -2.30. The number of esters is 3. The Morgan fingerprint density at radius 3 is 1.02 bits per heavy atom. The van der Waals surface area contributed by atoms with Crippen LogP contribution in [0.25, 0.3) is 0 Å². The molecule has 0 fully saturated rings. The van der Waals surface area contributed by atoms with Crippen molar-refractivity contribution in [3.05, 3.63) is 85.1 Å². The molecule has 342 valence electrons. The van der Waals surface area contributed by atoms with Gasteiger partial charge in [0.25, 0.3) is 0 Å². The molecule has 1 atom stereocenters. The monoisotopic (exact) mass is 835 g/mol. The Hall–Kier alpha value is -3.41. The van der Waals surface area contributed by atoms with Gasteiger partial charge in [-0.05, 0) is 89.9 Å². The lowest BCUT2D eigenvalue weighted by Gasteiger charge is -2.18. The number of unbranched alkanes of at least 4 members (excludes halogenated alkanes) is 18. The van der Waals surface area contributed by atoms with Crippen molar-refractivity contribution >= 4 is 17.9 Å². The smallest absolute Gasteiger partial charge is 0.306 e. The third kappa shape index (κ3) is 45.7. The van der Waals surface area contributed by atoms with Crippen molar-refractivity contribution < 1.29 is 28.6 Å². The third-order valence-electron chi connectivity index (χ3n) is 10.1. The van der Waals surface area contributed by atoms with E-state index in [2.05, 4.69) is 106 Å². The van der Waals surface area contributed by atoms with E-state index >= 15 is 0 Å². The van der Waals surface area contributed by atoms with E-state index in [1.165, 1.54) is 64.2 Å². The second-order valence-corrected chi connectivity index (χ2v) is 16.0. The minimum atomic E-state index is -0.784. The fourth-order valence-electron chi connectivity index (χ4n) is 6.50. The van der Waals surface area contributed by atoms with E-state index in [4.69, 9.17) is 14.2 Å². The zero-order valence-corrected chi connectivity index (χ0v) is 38.9. The van der Waals surface area contributed by atoms with Gasteiger partial charge >= 0.3 is 17.9 Å². The van der Waals surface area contributed by atoms with Gasteiger partial charge in [-0.15, -0.1) is 0 Å². The van der Waals surface area contributed by atoms with Gasteiger partial charge in [-0.3, -0.25) is 14.4 Å². The SMILES string of the molecule is CC/C=C\C/C=C\C/C=C\C/C=C\CCCCCCCCC(=O)OCC(COC(=O)CCCCCCCC)OC(=O)CCCCCCCCC/C=C\C/C=C\C/C=C\CC. The second-order valence-electron chi connectivity index (χ2n) is 16.0.